The number of para-hydroxylation sites is 1. The van der Waals surface area contributed by atoms with Crippen LogP contribution in [0, 0.1) is 12.7 Å². The Bertz CT molecular complexity index is 1280. The summed E-state index contributed by atoms with van der Waals surface area (Å²) in [5, 5.41) is 7.86. The van der Waals surface area contributed by atoms with Crippen molar-refractivity contribution in [1.82, 2.24) is 10.3 Å². The molecule has 1 amide bonds. The van der Waals surface area contributed by atoms with Gasteiger partial charge in [-0.1, -0.05) is 56.0 Å². The monoisotopic (exact) mass is 497 g/mol. The molecule has 2 aromatic carbocycles. The van der Waals surface area contributed by atoms with Crippen molar-refractivity contribution in [2.75, 3.05) is 5.32 Å². The van der Waals surface area contributed by atoms with Gasteiger partial charge < -0.3 is 20.4 Å². The van der Waals surface area contributed by atoms with Crippen LogP contribution in [0.3, 0.4) is 0 Å². The van der Waals surface area contributed by atoms with Crippen LogP contribution in [0.25, 0.3) is 22.0 Å². The zero-order chi connectivity index (χ0) is 24.9. The number of amides is 1. The Morgan fingerprint density at radius 1 is 1.20 bits per heavy atom. The number of fused-ring (bicyclic) bond motifs is 2. The molecule has 2 aliphatic rings. The van der Waals surface area contributed by atoms with Gasteiger partial charge in [-0.3, -0.25) is 0 Å². The van der Waals surface area contributed by atoms with E-state index in [2.05, 4.69) is 15.6 Å². The van der Waals surface area contributed by atoms with Crippen LogP contribution < -0.4 is 10.6 Å². The van der Waals surface area contributed by atoms with Gasteiger partial charge in [0.2, 0.25) is 0 Å². The number of H-pyrrole nitrogens is 1. The molecule has 1 aliphatic carbocycles. The van der Waals surface area contributed by atoms with E-state index in [0.29, 0.717) is 21.8 Å². The number of hydrogen-bond acceptors (Lipinski definition) is 3. The van der Waals surface area contributed by atoms with E-state index in [1.807, 2.05) is 52.1 Å². The van der Waals surface area contributed by atoms with Crippen LogP contribution >= 0.6 is 11.6 Å². The van der Waals surface area contributed by atoms with E-state index in [0.717, 1.165) is 47.7 Å². The van der Waals surface area contributed by atoms with E-state index in [9.17, 15) is 4.79 Å². The molecule has 0 unspecified atom stereocenters. The van der Waals surface area contributed by atoms with Gasteiger partial charge >= 0.3 is 6.09 Å². The van der Waals surface area contributed by atoms with Gasteiger partial charge in [0, 0.05) is 40.2 Å². The Morgan fingerprint density at radius 2 is 1.94 bits per heavy atom. The fourth-order valence-electron chi connectivity index (χ4n) is 5.90. The van der Waals surface area contributed by atoms with Crippen molar-refractivity contribution in [1.29, 1.82) is 0 Å². The lowest BCUT2D eigenvalue weighted by Crippen LogP contribution is -2.54. The SMILES string of the molecule is Cc1c[nH]c2c(-c3cc(F)c4c(c3Cl)[C@H](C)[C@@H](OC(=O)NC3CCCCC3)C(C)(C)N4)cccc12. The second-order valence-corrected chi connectivity index (χ2v) is 11.0. The van der Waals surface area contributed by atoms with Crippen molar-refractivity contribution < 1.29 is 13.9 Å². The van der Waals surface area contributed by atoms with Crippen molar-refractivity contribution in [3.63, 3.8) is 0 Å². The summed E-state index contributed by atoms with van der Waals surface area (Å²) in [4.78, 5) is 16.1. The fraction of sp³-hybridized carbons (Fsp3) is 0.464. The predicted octanol–water partition coefficient (Wildman–Crippen LogP) is 7.67. The van der Waals surface area contributed by atoms with Crippen LogP contribution in [0.2, 0.25) is 5.02 Å². The molecular weight excluding hydrogens is 465 g/mol. The van der Waals surface area contributed by atoms with E-state index >= 15 is 4.39 Å². The maximum atomic E-state index is 15.6. The van der Waals surface area contributed by atoms with E-state index in [-0.39, 0.29) is 17.8 Å². The summed E-state index contributed by atoms with van der Waals surface area (Å²) in [5.74, 6) is -0.686. The highest BCUT2D eigenvalue weighted by molar-refractivity contribution is 6.35. The predicted molar refractivity (Wildman–Crippen MR) is 140 cm³/mol. The minimum absolute atomic E-state index is 0.149. The number of carbonyl (C=O) groups excluding carboxylic acids is 1. The first kappa shape index (κ1) is 24.0. The molecule has 3 N–H and O–H groups in total. The zero-order valence-electron chi connectivity index (χ0n) is 20.7. The van der Waals surface area contributed by atoms with Crippen molar-refractivity contribution in [2.45, 2.75) is 83.4 Å². The third kappa shape index (κ3) is 4.26. The summed E-state index contributed by atoms with van der Waals surface area (Å²) in [7, 11) is 0. The number of carbonyl (C=O) groups is 1. The topological polar surface area (TPSA) is 66.2 Å². The third-order valence-corrected chi connectivity index (χ3v) is 8.10. The normalized spacial score (nSPS) is 21.9. The van der Waals surface area contributed by atoms with Gasteiger partial charge in [-0.25, -0.2) is 9.18 Å². The largest absolute Gasteiger partial charge is 0.443 e. The van der Waals surface area contributed by atoms with Crippen LogP contribution in [0.15, 0.2) is 30.5 Å². The number of halogens is 2. The summed E-state index contributed by atoms with van der Waals surface area (Å²) < 4.78 is 21.6. The maximum Gasteiger partial charge on any atom is 0.407 e. The summed E-state index contributed by atoms with van der Waals surface area (Å²) in [6.07, 6.45) is 6.39. The molecular formula is C28H33ClFN3O2. The molecule has 5 rings (SSSR count). The molecule has 1 saturated carbocycles. The lowest BCUT2D eigenvalue weighted by Gasteiger charge is -2.45. The van der Waals surface area contributed by atoms with E-state index in [1.54, 1.807) is 0 Å². The summed E-state index contributed by atoms with van der Waals surface area (Å²) in [6.45, 7) is 7.84. The van der Waals surface area contributed by atoms with Crippen LogP contribution in [0.5, 0.6) is 0 Å². The lowest BCUT2D eigenvalue weighted by molar-refractivity contribution is 0.0445. The first-order chi connectivity index (χ1) is 16.7. The van der Waals surface area contributed by atoms with Crippen LogP contribution in [-0.4, -0.2) is 28.8 Å². The summed E-state index contributed by atoms with van der Waals surface area (Å²) in [5.41, 5.74) is 3.82. The quantitative estimate of drug-likeness (QED) is 0.347. The van der Waals surface area contributed by atoms with Gasteiger partial charge in [0.15, 0.2) is 0 Å². The molecule has 3 aromatic rings. The average molecular weight is 498 g/mol. The highest BCUT2D eigenvalue weighted by atomic mass is 35.5. The third-order valence-electron chi connectivity index (χ3n) is 7.69. The molecule has 5 nitrogen and oxygen atoms in total. The van der Waals surface area contributed by atoms with Gasteiger partial charge in [0.05, 0.1) is 21.8 Å². The fourth-order valence-corrected chi connectivity index (χ4v) is 6.32. The Balaban J connectivity index is 1.52. The van der Waals surface area contributed by atoms with Gasteiger partial charge in [-0.2, -0.15) is 0 Å². The second-order valence-electron chi connectivity index (χ2n) is 10.6. The number of alkyl carbamates (subject to hydrolysis) is 1. The number of hydrogen-bond donors (Lipinski definition) is 3. The Hall–Kier alpha value is -2.73. The molecule has 2 heterocycles. The number of benzene rings is 2. The molecule has 186 valence electrons. The van der Waals surface area contributed by atoms with Crippen LogP contribution in [0.4, 0.5) is 14.9 Å². The van der Waals surface area contributed by atoms with Crippen molar-refractivity contribution in [3.8, 4) is 11.1 Å². The minimum Gasteiger partial charge on any atom is -0.443 e. The maximum absolute atomic E-state index is 15.6. The minimum atomic E-state index is -0.682. The average Bonchev–Trinajstić information content (AvgIpc) is 3.20. The molecule has 1 aromatic heterocycles. The zero-order valence-corrected chi connectivity index (χ0v) is 21.5. The Labute approximate surface area is 210 Å². The van der Waals surface area contributed by atoms with Gasteiger partial charge in [0.25, 0.3) is 0 Å². The number of aryl methyl sites for hydroxylation is 1. The Kier molecular flexibility index (Phi) is 6.20. The highest BCUT2D eigenvalue weighted by Gasteiger charge is 2.45. The second kappa shape index (κ2) is 9.05. The molecule has 7 heteroatoms. The number of nitrogens with one attached hydrogen (secondary N) is 3. The molecule has 1 aliphatic heterocycles. The molecule has 2 atom stereocenters. The standard InChI is InChI=1S/C28H33ClFN3O2/c1-15-14-31-24-18(15)11-8-12-19(24)20-13-21(30)25-22(23(20)29)16(2)26(28(3,4)33-25)35-27(34)32-17-9-6-5-7-10-17/h8,11-14,16-17,26,31,33H,5-7,9-10H2,1-4H3,(H,32,34)/t16-,26+/m0/s1. The van der Waals surface area contributed by atoms with Crippen molar-refractivity contribution in [3.05, 3.63) is 52.4 Å². The number of aromatic amines is 1. The molecule has 0 spiro atoms. The molecule has 35 heavy (non-hydrogen) atoms. The Morgan fingerprint density at radius 3 is 2.69 bits per heavy atom. The smallest absolute Gasteiger partial charge is 0.407 e. The summed E-state index contributed by atoms with van der Waals surface area (Å²) >= 11 is 7.01. The number of aromatic nitrogens is 1. The molecule has 0 bridgehead atoms. The van der Waals surface area contributed by atoms with Gasteiger partial charge in [0.1, 0.15) is 11.9 Å². The van der Waals surface area contributed by atoms with Crippen molar-refractivity contribution in [2.24, 2.45) is 0 Å². The highest BCUT2D eigenvalue weighted by Crippen LogP contribution is 2.49. The van der Waals surface area contributed by atoms with E-state index in [1.165, 1.54) is 12.5 Å². The molecule has 0 saturated heterocycles. The van der Waals surface area contributed by atoms with Gasteiger partial charge in [-0.15, -0.1) is 0 Å². The number of ether oxygens (including phenoxy) is 1. The van der Waals surface area contributed by atoms with Crippen LogP contribution in [-0.2, 0) is 4.74 Å². The lowest BCUT2D eigenvalue weighted by atomic mass is 9.78. The number of rotatable bonds is 3. The molecule has 0 radical (unpaired) electrons. The van der Waals surface area contributed by atoms with Crippen LogP contribution in [0.1, 0.15) is 69.9 Å². The van der Waals surface area contributed by atoms with E-state index in [4.69, 9.17) is 16.3 Å². The van der Waals surface area contributed by atoms with Crippen molar-refractivity contribution >= 4 is 34.3 Å². The van der Waals surface area contributed by atoms with E-state index < -0.39 is 17.7 Å². The first-order valence-electron chi connectivity index (χ1n) is 12.5. The van der Waals surface area contributed by atoms with Gasteiger partial charge in [-0.05, 0) is 45.2 Å². The first-order valence-corrected chi connectivity index (χ1v) is 12.9. The molecule has 1 fully saturated rings. The number of anilines is 1. The summed E-state index contributed by atoms with van der Waals surface area (Å²) in [6, 6.07) is 7.59.